The highest BCUT2D eigenvalue weighted by molar-refractivity contribution is 6.35. The van der Waals surface area contributed by atoms with Crippen molar-refractivity contribution in [2.75, 3.05) is 44.3 Å². The van der Waals surface area contributed by atoms with Gasteiger partial charge < -0.3 is 20.3 Å². The van der Waals surface area contributed by atoms with Crippen molar-refractivity contribution in [3.8, 4) is 0 Å². The third kappa shape index (κ3) is 6.32. The van der Waals surface area contributed by atoms with Gasteiger partial charge in [-0.2, -0.15) is 0 Å². The van der Waals surface area contributed by atoms with Gasteiger partial charge >= 0.3 is 0 Å². The summed E-state index contributed by atoms with van der Waals surface area (Å²) in [5.74, 6) is -0.224. The number of anilines is 1. The number of benzene rings is 2. The van der Waals surface area contributed by atoms with E-state index in [0.29, 0.717) is 62.3 Å². The summed E-state index contributed by atoms with van der Waals surface area (Å²) in [4.78, 5) is 16.7. The Morgan fingerprint density at radius 1 is 1.16 bits per heavy atom. The van der Waals surface area contributed by atoms with Crippen molar-refractivity contribution >= 4 is 34.8 Å². The van der Waals surface area contributed by atoms with Crippen molar-refractivity contribution in [1.82, 2.24) is 4.90 Å². The molecule has 2 N–H and O–H groups in total. The van der Waals surface area contributed by atoms with Gasteiger partial charge in [0.15, 0.2) is 0 Å². The number of nitrogens with two attached hydrogens (primary N) is 1. The number of carbonyl (C=O) groups excluding carboxylic acids is 1. The van der Waals surface area contributed by atoms with Crippen LogP contribution in [0.5, 0.6) is 0 Å². The lowest BCUT2D eigenvalue weighted by Gasteiger charge is -2.37. The van der Waals surface area contributed by atoms with E-state index in [1.54, 1.807) is 18.2 Å². The molecule has 1 atom stereocenters. The lowest BCUT2D eigenvalue weighted by molar-refractivity contribution is -0.131. The molecule has 5 nitrogen and oxygen atoms in total. The summed E-state index contributed by atoms with van der Waals surface area (Å²) in [5.41, 5.74) is 8.79. The van der Waals surface area contributed by atoms with Gasteiger partial charge in [0.1, 0.15) is 5.82 Å². The van der Waals surface area contributed by atoms with Crippen LogP contribution in [0.4, 0.5) is 10.1 Å². The summed E-state index contributed by atoms with van der Waals surface area (Å²) in [6.45, 7) is 5.31. The summed E-state index contributed by atoms with van der Waals surface area (Å²) in [6.07, 6.45) is 0.964. The second kappa shape index (κ2) is 11.1. The van der Waals surface area contributed by atoms with Gasteiger partial charge in [0.25, 0.3) is 0 Å². The van der Waals surface area contributed by atoms with Gasteiger partial charge in [-0.15, -0.1) is 0 Å². The zero-order valence-corrected chi connectivity index (χ0v) is 19.1. The zero-order chi connectivity index (χ0) is 22.4. The number of amides is 1. The van der Waals surface area contributed by atoms with Crippen LogP contribution in [0, 0.1) is 5.82 Å². The van der Waals surface area contributed by atoms with Crippen LogP contribution in [0.3, 0.4) is 0 Å². The van der Waals surface area contributed by atoms with E-state index in [1.165, 1.54) is 12.1 Å². The number of carbonyl (C=O) groups is 1. The Morgan fingerprint density at radius 2 is 1.90 bits per heavy atom. The van der Waals surface area contributed by atoms with Gasteiger partial charge in [0.05, 0.1) is 12.6 Å². The van der Waals surface area contributed by atoms with Gasteiger partial charge in [-0.3, -0.25) is 4.79 Å². The van der Waals surface area contributed by atoms with Crippen LogP contribution in [0.2, 0.25) is 10.0 Å². The number of rotatable bonds is 8. The molecule has 0 bridgehead atoms. The molecule has 1 heterocycles. The van der Waals surface area contributed by atoms with Crippen molar-refractivity contribution in [3.63, 3.8) is 0 Å². The lowest BCUT2D eigenvalue weighted by atomic mass is 10.0. The average molecular weight is 468 g/mol. The minimum atomic E-state index is -0.408. The van der Waals surface area contributed by atoms with E-state index in [4.69, 9.17) is 33.7 Å². The van der Waals surface area contributed by atoms with Crippen LogP contribution in [0.1, 0.15) is 30.5 Å². The first-order valence-electron chi connectivity index (χ1n) is 10.5. The average Bonchev–Trinajstić information content (AvgIpc) is 2.76. The Bertz CT molecular complexity index is 904. The van der Waals surface area contributed by atoms with E-state index in [2.05, 4.69) is 4.90 Å². The SMILES string of the molecule is CCOCC(N)c1cc(F)ccc1N1CCN(C(=O)CCc2ccc(Cl)cc2Cl)CC1. The lowest BCUT2D eigenvalue weighted by Crippen LogP contribution is -2.49. The maximum atomic E-state index is 13.9. The number of hydrogen-bond acceptors (Lipinski definition) is 4. The molecule has 0 radical (unpaired) electrons. The molecule has 3 rings (SSSR count). The molecule has 1 fully saturated rings. The second-order valence-electron chi connectivity index (χ2n) is 7.57. The van der Waals surface area contributed by atoms with Crippen LogP contribution >= 0.6 is 23.2 Å². The fourth-order valence-corrected chi connectivity index (χ4v) is 4.27. The Labute approximate surface area is 192 Å². The highest BCUT2D eigenvalue weighted by Crippen LogP contribution is 2.28. The molecule has 0 aromatic heterocycles. The smallest absolute Gasteiger partial charge is 0.223 e. The summed E-state index contributed by atoms with van der Waals surface area (Å²) in [7, 11) is 0. The normalized spacial score (nSPS) is 15.3. The predicted octanol–water partition coefficient (Wildman–Crippen LogP) is 4.45. The molecule has 168 valence electrons. The van der Waals surface area contributed by atoms with Crippen molar-refractivity contribution < 1.29 is 13.9 Å². The Morgan fingerprint density at radius 3 is 2.58 bits per heavy atom. The molecule has 1 aliphatic heterocycles. The van der Waals surface area contributed by atoms with Gasteiger partial charge in [-0.05, 0) is 54.8 Å². The molecule has 8 heteroatoms. The van der Waals surface area contributed by atoms with Crippen LogP contribution in [0.25, 0.3) is 0 Å². The number of nitrogens with zero attached hydrogens (tertiary/aromatic N) is 2. The number of piperazine rings is 1. The molecule has 1 unspecified atom stereocenters. The van der Waals surface area contributed by atoms with E-state index in [0.717, 1.165) is 16.8 Å². The Balaban J connectivity index is 1.58. The molecule has 0 saturated carbocycles. The van der Waals surface area contributed by atoms with E-state index in [9.17, 15) is 9.18 Å². The van der Waals surface area contributed by atoms with Crippen LogP contribution in [0.15, 0.2) is 36.4 Å². The molecule has 1 aliphatic rings. The first-order chi connectivity index (χ1) is 14.9. The van der Waals surface area contributed by atoms with Crippen LogP contribution in [-0.2, 0) is 16.0 Å². The molecular formula is C23H28Cl2FN3O2. The molecule has 1 amide bonds. The summed E-state index contributed by atoms with van der Waals surface area (Å²) < 4.78 is 19.3. The minimum absolute atomic E-state index is 0.0954. The summed E-state index contributed by atoms with van der Waals surface area (Å²) >= 11 is 12.1. The fraction of sp³-hybridized carbons (Fsp3) is 0.435. The third-order valence-corrected chi connectivity index (χ3v) is 6.07. The van der Waals surface area contributed by atoms with E-state index in [1.807, 2.05) is 17.9 Å². The van der Waals surface area contributed by atoms with Crippen molar-refractivity contribution in [2.24, 2.45) is 5.73 Å². The second-order valence-corrected chi connectivity index (χ2v) is 8.42. The predicted molar refractivity (Wildman–Crippen MR) is 123 cm³/mol. The van der Waals surface area contributed by atoms with Crippen molar-refractivity contribution in [3.05, 3.63) is 63.4 Å². The highest BCUT2D eigenvalue weighted by Gasteiger charge is 2.24. The summed E-state index contributed by atoms with van der Waals surface area (Å²) in [6, 6.07) is 9.61. The van der Waals surface area contributed by atoms with Crippen LogP contribution < -0.4 is 10.6 Å². The highest BCUT2D eigenvalue weighted by atomic mass is 35.5. The monoisotopic (exact) mass is 467 g/mol. The van der Waals surface area contributed by atoms with E-state index >= 15 is 0 Å². The molecule has 1 saturated heterocycles. The van der Waals surface area contributed by atoms with Crippen LogP contribution in [-0.4, -0.2) is 50.2 Å². The number of aryl methyl sites for hydroxylation is 1. The quantitative estimate of drug-likeness (QED) is 0.622. The maximum absolute atomic E-state index is 13.9. The van der Waals surface area contributed by atoms with E-state index < -0.39 is 6.04 Å². The van der Waals surface area contributed by atoms with E-state index in [-0.39, 0.29) is 11.7 Å². The third-order valence-electron chi connectivity index (χ3n) is 5.49. The molecule has 2 aromatic carbocycles. The van der Waals surface area contributed by atoms with Crippen molar-refractivity contribution in [1.29, 1.82) is 0 Å². The summed E-state index contributed by atoms with van der Waals surface area (Å²) in [5, 5.41) is 1.16. The van der Waals surface area contributed by atoms with Gasteiger partial charge in [-0.25, -0.2) is 4.39 Å². The fourth-order valence-electron chi connectivity index (χ4n) is 3.77. The molecule has 0 spiro atoms. The number of hydrogen-bond donors (Lipinski definition) is 1. The number of ether oxygens (including phenoxy) is 1. The molecule has 31 heavy (non-hydrogen) atoms. The Kier molecular flexibility index (Phi) is 8.55. The molecular weight excluding hydrogens is 440 g/mol. The first-order valence-corrected chi connectivity index (χ1v) is 11.2. The van der Waals surface area contributed by atoms with Gasteiger partial charge in [0, 0.05) is 54.9 Å². The first kappa shape index (κ1) is 23.8. The molecule has 2 aromatic rings. The maximum Gasteiger partial charge on any atom is 0.223 e. The zero-order valence-electron chi connectivity index (χ0n) is 17.6. The molecule has 0 aliphatic carbocycles. The minimum Gasteiger partial charge on any atom is -0.380 e. The van der Waals surface area contributed by atoms with Crippen molar-refractivity contribution in [2.45, 2.75) is 25.8 Å². The Hall–Kier alpha value is -1.86. The number of halogens is 3. The standard InChI is InChI=1S/C23H28Cl2FN3O2/c1-2-31-15-21(27)19-14-18(26)6-7-22(19)28-9-11-29(12-10-28)23(30)8-4-16-3-5-17(24)13-20(16)25/h3,5-7,13-14,21H,2,4,8-12,15,27H2,1H3. The van der Waals surface area contributed by atoms with Gasteiger partial charge in [0.2, 0.25) is 5.91 Å². The largest absolute Gasteiger partial charge is 0.380 e. The van der Waals surface area contributed by atoms with Gasteiger partial charge in [-0.1, -0.05) is 29.3 Å². The topological polar surface area (TPSA) is 58.8 Å².